The number of carbonyl (C=O) groups is 1. The van der Waals surface area contributed by atoms with Crippen LogP contribution in [-0.2, 0) is 4.79 Å². The summed E-state index contributed by atoms with van der Waals surface area (Å²) in [6.07, 6.45) is 0.182. The topological polar surface area (TPSA) is 75.0 Å². The van der Waals surface area contributed by atoms with Crippen molar-refractivity contribution in [2.24, 2.45) is 0 Å². The smallest absolute Gasteiger partial charge is 0.229 e. The van der Waals surface area contributed by atoms with E-state index in [1.807, 2.05) is 30.3 Å². The number of thioether (sulfide) groups is 1. The number of nitrogens with zero attached hydrogens (tertiary/aromatic N) is 3. The van der Waals surface area contributed by atoms with Gasteiger partial charge in [0.1, 0.15) is 5.75 Å². The Morgan fingerprint density at radius 1 is 1.03 bits per heavy atom. The van der Waals surface area contributed by atoms with Gasteiger partial charge in [0, 0.05) is 29.7 Å². The summed E-state index contributed by atoms with van der Waals surface area (Å²) in [5.41, 5.74) is 2.36. The van der Waals surface area contributed by atoms with Crippen molar-refractivity contribution < 1.29 is 19.0 Å². The van der Waals surface area contributed by atoms with E-state index in [0.717, 1.165) is 11.3 Å². The summed E-state index contributed by atoms with van der Waals surface area (Å²) in [5.74, 6) is 1.84. The SMILES string of the molecule is COc1cc(OC)c([C@H]2CC(=O)N3CN(c4ccccc4)CSC3=C2C#N)cc1OC. The summed E-state index contributed by atoms with van der Waals surface area (Å²) < 4.78 is 16.4. The first-order valence-electron chi connectivity index (χ1n) is 9.78. The molecule has 2 heterocycles. The second-order valence-corrected chi connectivity index (χ2v) is 8.08. The van der Waals surface area contributed by atoms with E-state index < -0.39 is 5.92 Å². The highest BCUT2D eigenvalue weighted by atomic mass is 32.2. The summed E-state index contributed by atoms with van der Waals surface area (Å²) in [6, 6.07) is 15.9. The molecule has 2 aromatic rings. The van der Waals surface area contributed by atoms with Crippen LogP contribution in [0.15, 0.2) is 53.1 Å². The van der Waals surface area contributed by atoms with E-state index >= 15 is 0 Å². The molecular formula is C23H23N3O4S. The van der Waals surface area contributed by atoms with Crippen molar-refractivity contribution >= 4 is 23.4 Å². The lowest BCUT2D eigenvalue weighted by atomic mass is 9.85. The molecule has 1 saturated heterocycles. The van der Waals surface area contributed by atoms with E-state index in [0.29, 0.717) is 40.4 Å². The Kier molecular flexibility index (Phi) is 5.96. The van der Waals surface area contributed by atoms with Crippen LogP contribution in [0.2, 0.25) is 0 Å². The van der Waals surface area contributed by atoms with Crippen LogP contribution in [0.25, 0.3) is 0 Å². The number of benzene rings is 2. The minimum absolute atomic E-state index is 0.0241. The fourth-order valence-corrected chi connectivity index (χ4v) is 5.12. The number of hydrogen-bond acceptors (Lipinski definition) is 7. The van der Waals surface area contributed by atoms with Crippen LogP contribution in [0.3, 0.4) is 0 Å². The van der Waals surface area contributed by atoms with E-state index in [2.05, 4.69) is 11.0 Å². The second kappa shape index (κ2) is 8.82. The summed E-state index contributed by atoms with van der Waals surface area (Å²) in [6.45, 7) is 0.423. The average Bonchev–Trinajstić information content (AvgIpc) is 2.83. The quantitative estimate of drug-likeness (QED) is 0.701. The van der Waals surface area contributed by atoms with E-state index in [1.165, 1.54) is 11.8 Å². The number of ether oxygens (including phenoxy) is 3. The zero-order valence-electron chi connectivity index (χ0n) is 17.6. The number of hydrogen-bond donors (Lipinski definition) is 0. The molecule has 0 unspecified atom stereocenters. The summed E-state index contributed by atoms with van der Waals surface area (Å²) in [5, 5.41) is 10.8. The molecule has 1 amide bonds. The van der Waals surface area contributed by atoms with E-state index in [4.69, 9.17) is 14.2 Å². The molecular weight excluding hydrogens is 414 g/mol. The lowest BCUT2D eigenvalue weighted by Crippen LogP contribution is -2.47. The first kappa shape index (κ1) is 20.9. The minimum atomic E-state index is -0.408. The van der Waals surface area contributed by atoms with Gasteiger partial charge in [0.05, 0.1) is 50.5 Å². The average molecular weight is 438 g/mol. The third-order valence-electron chi connectivity index (χ3n) is 5.53. The number of para-hydroxylation sites is 1. The van der Waals surface area contributed by atoms with Gasteiger partial charge < -0.3 is 19.1 Å². The Labute approximate surface area is 185 Å². The Hall–Kier alpha value is -3.31. The van der Waals surface area contributed by atoms with Crippen molar-refractivity contribution in [3.05, 3.63) is 58.6 Å². The standard InChI is InChI=1S/C23H23N3O4S/c1-28-19-11-21(30-3)20(29-2)9-17(19)16-10-22(27)26-13-25(15-7-5-4-6-8-15)14-31-23(26)18(16)12-24/h4-9,11,16H,10,13-14H2,1-3H3/t16-/m1/s1. The number of carbonyl (C=O) groups excluding carboxylic acids is 1. The summed E-state index contributed by atoms with van der Waals surface area (Å²) in [7, 11) is 4.67. The number of anilines is 1. The molecule has 4 rings (SSSR count). The molecule has 0 spiro atoms. The molecule has 2 aliphatic heterocycles. The monoisotopic (exact) mass is 437 g/mol. The van der Waals surface area contributed by atoms with Crippen molar-refractivity contribution in [2.75, 3.05) is 38.8 Å². The van der Waals surface area contributed by atoms with Crippen LogP contribution >= 0.6 is 11.8 Å². The predicted octanol–water partition coefficient (Wildman–Crippen LogP) is 3.93. The van der Waals surface area contributed by atoms with Gasteiger partial charge in [-0.3, -0.25) is 9.69 Å². The molecule has 2 aromatic carbocycles. The molecule has 160 valence electrons. The van der Waals surface area contributed by atoms with Gasteiger partial charge >= 0.3 is 0 Å². The fourth-order valence-electron chi connectivity index (χ4n) is 3.96. The normalized spacial score (nSPS) is 18.4. The van der Waals surface area contributed by atoms with Gasteiger partial charge in [-0.25, -0.2) is 0 Å². The number of allylic oxidation sites excluding steroid dienone is 1. The molecule has 2 aliphatic rings. The number of rotatable bonds is 5. The first-order chi connectivity index (χ1) is 15.1. The maximum atomic E-state index is 13.2. The van der Waals surface area contributed by atoms with Gasteiger partial charge in [0.15, 0.2) is 11.5 Å². The van der Waals surface area contributed by atoms with E-state index in [9.17, 15) is 10.1 Å². The highest BCUT2D eigenvalue weighted by molar-refractivity contribution is 8.03. The number of methoxy groups -OCH3 is 3. The second-order valence-electron chi connectivity index (χ2n) is 7.15. The highest BCUT2D eigenvalue weighted by Crippen LogP contribution is 2.47. The maximum Gasteiger partial charge on any atom is 0.229 e. The lowest BCUT2D eigenvalue weighted by molar-refractivity contribution is -0.129. The third kappa shape index (κ3) is 3.77. The molecule has 0 aromatic heterocycles. The van der Waals surface area contributed by atoms with Crippen molar-refractivity contribution in [1.29, 1.82) is 5.26 Å². The molecule has 0 N–H and O–H groups in total. The Bertz CT molecular complexity index is 1060. The molecule has 1 atom stereocenters. The van der Waals surface area contributed by atoms with Crippen molar-refractivity contribution in [3.63, 3.8) is 0 Å². The van der Waals surface area contributed by atoms with Crippen molar-refractivity contribution in [1.82, 2.24) is 4.90 Å². The fraction of sp³-hybridized carbons (Fsp3) is 0.304. The van der Waals surface area contributed by atoms with Gasteiger partial charge in [0.2, 0.25) is 5.91 Å². The first-order valence-corrected chi connectivity index (χ1v) is 10.8. The molecule has 0 bridgehead atoms. The third-order valence-corrected chi connectivity index (χ3v) is 6.68. The number of nitriles is 1. The molecule has 7 nitrogen and oxygen atoms in total. The predicted molar refractivity (Wildman–Crippen MR) is 119 cm³/mol. The van der Waals surface area contributed by atoms with Gasteiger partial charge in [-0.2, -0.15) is 5.26 Å². The zero-order valence-corrected chi connectivity index (χ0v) is 18.4. The van der Waals surface area contributed by atoms with Crippen LogP contribution in [0.4, 0.5) is 5.69 Å². The largest absolute Gasteiger partial charge is 0.496 e. The molecule has 0 radical (unpaired) electrons. The van der Waals surface area contributed by atoms with Gasteiger partial charge in [-0.05, 0) is 18.2 Å². The molecule has 0 saturated carbocycles. The zero-order chi connectivity index (χ0) is 22.0. The Morgan fingerprint density at radius 3 is 2.35 bits per heavy atom. The van der Waals surface area contributed by atoms with Gasteiger partial charge in [-0.1, -0.05) is 30.0 Å². The highest BCUT2D eigenvalue weighted by Gasteiger charge is 2.39. The van der Waals surface area contributed by atoms with Crippen LogP contribution in [0.1, 0.15) is 17.9 Å². The molecule has 0 aliphatic carbocycles. The van der Waals surface area contributed by atoms with E-state index in [1.54, 1.807) is 38.4 Å². The van der Waals surface area contributed by atoms with Crippen LogP contribution in [-0.4, -0.2) is 44.7 Å². The minimum Gasteiger partial charge on any atom is -0.496 e. The van der Waals surface area contributed by atoms with Gasteiger partial charge in [-0.15, -0.1) is 0 Å². The summed E-state index contributed by atoms with van der Waals surface area (Å²) in [4.78, 5) is 17.0. The number of amides is 1. The molecule has 31 heavy (non-hydrogen) atoms. The molecule has 8 heteroatoms. The van der Waals surface area contributed by atoms with E-state index in [-0.39, 0.29) is 12.3 Å². The lowest BCUT2D eigenvalue weighted by Gasteiger charge is -2.42. The van der Waals surface area contributed by atoms with Crippen molar-refractivity contribution in [2.45, 2.75) is 12.3 Å². The summed E-state index contributed by atoms with van der Waals surface area (Å²) >= 11 is 1.51. The van der Waals surface area contributed by atoms with Crippen LogP contribution in [0.5, 0.6) is 17.2 Å². The Balaban J connectivity index is 1.73. The van der Waals surface area contributed by atoms with Crippen molar-refractivity contribution in [3.8, 4) is 23.3 Å². The van der Waals surface area contributed by atoms with Gasteiger partial charge in [0.25, 0.3) is 0 Å². The molecule has 1 fully saturated rings. The maximum absolute atomic E-state index is 13.2. The van der Waals surface area contributed by atoms with Crippen LogP contribution in [0, 0.1) is 11.3 Å². The van der Waals surface area contributed by atoms with Crippen LogP contribution < -0.4 is 19.1 Å². The number of fused-ring (bicyclic) bond motifs is 1. The Morgan fingerprint density at radius 2 is 1.71 bits per heavy atom.